The lowest BCUT2D eigenvalue weighted by atomic mass is 10.1. The molecule has 0 radical (unpaired) electrons. The van der Waals surface area contributed by atoms with E-state index in [1.165, 1.54) is 21.0 Å². The van der Waals surface area contributed by atoms with E-state index in [0.717, 1.165) is 10.4 Å². The van der Waals surface area contributed by atoms with E-state index in [9.17, 15) is 23.1 Å². The number of carbonyl (C=O) groups is 2. The van der Waals surface area contributed by atoms with Crippen molar-refractivity contribution < 1.29 is 27.5 Å². The van der Waals surface area contributed by atoms with Crippen LogP contribution in [0.4, 0.5) is 0 Å². The minimum absolute atomic E-state index is 0.0393. The molecule has 25 heavy (non-hydrogen) atoms. The van der Waals surface area contributed by atoms with Crippen LogP contribution in [0.5, 0.6) is 0 Å². The molecule has 2 N–H and O–H groups in total. The quantitative estimate of drug-likeness (QED) is 0.798. The summed E-state index contributed by atoms with van der Waals surface area (Å²) in [6, 6.07) is 8.00. The van der Waals surface area contributed by atoms with Crippen LogP contribution in [0.2, 0.25) is 0 Å². The van der Waals surface area contributed by atoms with Crippen molar-refractivity contribution in [2.45, 2.75) is 18.1 Å². The maximum Gasteiger partial charge on any atom is 0.330 e. The number of hydrogen-bond donors (Lipinski definition) is 2. The number of amides is 1. The van der Waals surface area contributed by atoms with Crippen LogP contribution in [-0.4, -0.2) is 43.8 Å². The standard InChI is InChI=1S/C16H18N2O6S/c1-10-12(9-13(24-10)25(22,23)18(2)3)15(19)17-14(16(20)21)11-7-5-4-6-8-11/h4-9,14H,1-3H3,(H,17,19)(H,20,21)/t14-/m1/s1. The predicted molar refractivity (Wildman–Crippen MR) is 88.6 cm³/mol. The Balaban J connectivity index is 2.32. The van der Waals surface area contributed by atoms with E-state index in [4.69, 9.17) is 4.42 Å². The van der Waals surface area contributed by atoms with Crippen molar-refractivity contribution in [3.8, 4) is 0 Å². The highest BCUT2D eigenvalue weighted by Gasteiger charge is 2.28. The summed E-state index contributed by atoms with van der Waals surface area (Å²) in [5, 5.41) is 11.4. The average molecular weight is 366 g/mol. The fraction of sp³-hybridized carbons (Fsp3) is 0.250. The van der Waals surface area contributed by atoms with Crippen LogP contribution >= 0.6 is 0 Å². The van der Waals surface area contributed by atoms with Gasteiger partial charge in [0, 0.05) is 20.2 Å². The summed E-state index contributed by atoms with van der Waals surface area (Å²) in [7, 11) is -1.17. The Bertz CT molecular complexity index is 887. The number of carboxylic acids is 1. The molecule has 0 bridgehead atoms. The van der Waals surface area contributed by atoms with Crippen molar-refractivity contribution in [2.75, 3.05) is 14.1 Å². The molecule has 1 aromatic heterocycles. The van der Waals surface area contributed by atoms with Crippen LogP contribution in [0, 0.1) is 6.92 Å². The van der Waals surface area contributed by atoms with E-state index in [1.54, 1.807) is 30.3 Å². The van der Waals surface area contributed by atoms with Crippen LogP contribution < -0.4 is 5.32 Å². The number of nitrogens with one attached hydrogen (secondary N) is 1. The zero-order chi connectivity index (χ0) is 18.8. The molecule has 0 spiro atoms. The minimum Gasteiger partial charge on any atom is -0.479 e. The zero-order valence-corrected chi connectivity index (χ0v) is 14.7. The smallest absolute Gasteiger partial charge is 0.330 e. The number of sulfonamides is 1. The first kappa shape index (κ1) is 18.7. The summed E-state index contributed by atoms with van der Waals surface area (Å²) >= 11 is 0. The molecule has 1 atom stereocenters. The molecule has 0 aliphatic heterocycles. The van der Waals surface area contributed by atoms with Crippen LogP contribution in [-0.2, 0) is 14.8 Å². The Morgan fingerprint density at radius 1 is 1.20 bits per heavy atom. The normalized spacial score (nSPS) is 12.8. The molecule has 1 aromatic carbocycles. The van der Waals surface area contributed by atoms with Crippen molar-refractivity contribution in [1.29, 1.82) is 0 Å². The van der Waals surface area contributed by atoms with Gasteiger partial charge >= 0.3 is 5.97 Å². The van der Waals surface area contributed by atoms with E-state index in [1.807, 2.05) is 0 Å². The Hall–Kier alpha value is -2.65. The number of carbonyl (C=O) groups excluding carboxylic acids is 1. The van der Waals surface area contributed by atoms with Gasteiger partial charge in [-0.1, -0.05) is 30.3 Å². The van der Waals surface area contributed by atoms with Gasteiger partial charge in [0.1, 0.15) is 5.76 Å². The Morgan fingerprint density at radius 3 is 2.32 bits per heavy atom. The second-order valence-corrected chi connectivity index (χ2v) is 7.56. The summed E-state index contributed by atoms with van der Waals surface area (Å²) in [6.45, 7) is 1.43. The third-order valence-electron chi connectivity index (χ3n) is 3.53. The lowest BCUT2D eigenvalue weighted by Crippen LogP contribution is -2.33. The van der Waals surface area contributed by atoms with Gasteiger partial charge in [0.05, 0.1) is 5.56 Å². The molecule has 9 heteroatoms. The van der Waals surface area contributed by atoms with Gasteiger partial charge in [-0.3, -0.25) is 4.79 Å². The van der Waals surface area contributed by atoms with E-state index in [2.05, 4.69) is 5.32 Å². The number of hydrogen-bond acceptors (Lipinski definition) is 5. The van der Waals surface area contributed by atoms with Gasteiger partial charge in [-0.25, -0.2) is 17.5 Å². The highest BCUT2D eigenvalue weighted by Crippen LogP contribution is 2.22. The number of rotatable bonds is 6. The topological polar surface area (TPSA) is 117 Å². The highest BCUT2D eigenvalue weighted by molar-refractivity contribution is 7.88. The number of carboxylic acid groups (broad SMARTS) is 1. The summed E-state index contributed by atoms with van der Waals surface area (Å²) in [5.74, 6) is -1.89. The molecule has 0 saturated carbocycles. The molecule has 0 fully saturated rings. The second kappa shape index (κ2) is 7.08. The van der Waals surface area contributed by atoms with Gasteiger partial charge in [0.15, 0.2) is 6.04 Å². The molecule has 0 unspecified atom stereocenters. The fourth-order valence-corrected chi connectivity index (χ4v) is 2.99. The Morgan fingerprint density at radius 2 is 1.80 bits per heavy atom. The molecular weight excluding hydrogens is 348 g/mol. The van der Waals surface area contributed by atoms with E-state index in [0.29, 0.717) is 5.56 Å². The van der Waals surface area contributed by atoms with Crippen LogP contribution in [0.3, 0.4) is 0 Å². The van der Waals surface area contributed by atoms with Crippen molar-refractivity contribution in [1.82, 2.24) is 9.62 Å². The highest BCUT2D eigenvalue weighted by atomic mass is 32.2. The van der Waals surface area contributed by atoms with Crippen molar-refractivity contribution in [3.63, 3.8) is 0 Å². The SMILES string of the molecule is Cc1oc(S(=O)(=O)N(C)C)cc1C(=O)N[C@@H](C(=O)O)c1ccccc1. The lowest BCUT2D eigenvalue weighted by molar-refractivity contribution is -0.139. The molecule has 134 valence electrons. The van der Waals surface area contributed by atoms with Crippen molar-refractivity contribution >= 4 is 21.9 Å². The van der Waals surface area contributed by atoms with Gasteiger partial charge in [-0.05, 0) is 12.5 Å². The first-order valence-corrected chi connectivity index (χ1v) is 8.70. The molecule has 2 rings (SSSR count). The summed E-state index contributed by atoms with van der Waals surface area (Å²) in [4.78, 5) is 23.9. The fourth-order valence-electron chi connectivity index (χ4n) is 2.13. The number of benzene rings is 1. The van der Waals surface area contributed by atoms with Crippen molar-refractivity contribution in [3.05, 3.63) is 53.3 Å². The number of aryl methyl sites for hydroxylation is 1. The van der Waals surface area contributed by atoms with E-state index in [-0.39, 0.29) is 16.4 Å². The van der Waals surface area contributed by atoms with E-state index >= 15 is 0 Å². The largest absolute Gasteiger partial charge is 0.479 e. The molecular formula is C16H18N2O6S. The molecule has 2 aromatic rings. The summed E-state index contributed by atoms with van der Waals surface area (Å²) in [5.41, 5.74) is 0.355. The van der Waals surface area contributed by atoms with Gasteiger partial charge < -0.3 is 14.8 Å². The van der Waals surface area contributed by atoms with Crippen molar-refractivity contribution in [2.24, 2.45) is 0 Å². The summed E-state index contributed by atoms with van der Waals surface area (Å²) < 4.78 is 30.3. The third-order valence-corrected chi connectivity index (χ3v) is 5.20. The maximum atomic E-state index is 12.4. The first-order chi connectivity index (χ1) is 11.6. The Kier molecular flexibility index (Phi) is 5.29. The number of nitrogens with zero attached hydrogens (tertiary/aromatic N) is 1. The predicted octanol–water partition coefficient (Wildman–Crippen LogP) is 1.39. The van der Waals surface area contributed by atoms with Crippen LogP contribution in [0.15, 0.2) is 45.9 Å². The molecule has 0 saturated heterocycles. The van der Waals surface area contributed by atoms with Gasteiger partial charge in [0.25, 0.3) is 15.9 Å². The first-order valence-electron chi connectivity index (χ1n) is 7.26. The van der Waals surface area contributed by atoms with Gasteiger partial charge in [0.2, 0.25) is 5.09 Å². The van der Waals surface area contributed by atoms with Gasteiger partial charge in [-0.2, -0.15) is 0 Å². The number of aliphatic carboxylic acids is 1. The monoisotopic (exact) mass is 366 g/mol. The number of furan rings is 1. The molecule has 0 aliphatic carbocycles. The molecule has 1 heterocycles. The molecule has 1 amide bonds. The lowest BCUT2D eigenvalue weighted by Gasteiger charge is -2.14. The van der Waals surface area contributed by atoms with Crippen LogP contribution in [0.1, 0.15) is 27.7 Å². The summed E-state index contributed by atoms with van der Waals surface area (Å²) in [6.07, 6.45) is 0. The maximum absolute atomic E-state index is 12.4. The average Bonchev–Trinajstić information content (AvgIpc) is 2.95. The van der Waals surface area contributed by atoms with Gasteiger partial charge in [-0.15, -0.1) is 0 Å². The Labute approximate surface area is 145 Å². The molecule has 8 nitrogen and oxygen atoms in total. The minimum atomic E-state index is -3.84. The molecule has 0 aliphatic rings. The van der Waals surface area contributed by atoms with E-state index < -0.39 is 27.9 Å². The van der Waals surface area contributed by atoms with Crippen LogP contribution in [0.25, 0.3) is 0 Å². The second-order valence-electron chi connectivity index (χ2n) is 5.48. The third kappa shape index (κ3) is 3.89. The zero-order valence-electron chi connectivity index (χ0n) is 13.9.